The van der Waals surface area contributed by atoms with Crippen LogP contribution in [0.3, 0.4) is 0 Å². The van der Waals surface area contributed by atoms with Crippen LogP contribution in [0.4, 0.5) is 0 Å². The van der Waals surface area contributed by atoms with E-state index in [2.05, 4.69) is 18.9 Å². The van der Waals surface area contributed by atoms with E-state index in [0.29, 0.717) is 12.5 Å². The molecule has 1 fully saturated rings. The first-order valence-electron chi connectivity index (χ1n) is 4.01. The van der Waals surface area contributed by atoms with Crippen molar-refractivity contribution in [2.24, 2.45) is 11.8 Å². The van der Waals surface area contributed by atoms with Crippen LogP contribution < -0.4 is 0 Å². The molecule has 0 aliphatic carbocycles. The Balaban J connectivity index is 2.35. The smallest absolute Gasteiger partial charge is 0.0471 e. The number of aliphatic hydroxyl groups is 1. The minimum atomic E-state index is 0.356. The second-order valence-electron chi connectivity index (χ2n) is 3.61. The first kappa shape index (κ1) is 8.02. The summed E-state index contributed by atoms with van der Waals surface area (Å²) in [5.41, 5.74) is 0. The first-order valence-corrected chi connectivity index (χ1v) is 4.01. The number of rotatable bonds is 1. The molecule has 1 heterocycles. The van der Waals surface area contributed by atoms with Crippen LogP contribution in [0.5, 0.6) is 0 Å². The van der Waals surface area contributed by atoms with Gasteiger partial charge >= 0.3 is 0 Å². The molecule has 0 bridgehead atoms. The second kappa shape index (κ2) is 3.35. The summed E-state index contributed by atoms with van der Waals surface area (Å²) in [6.45, 7) is 4.87. The van der Waals surface area contributed by atoms with Crippen molar-refractivity contribution in [3.8, 4) is 0 Å². The van der Waals surface area contributed by atoms with Crippen LogP contribution in [0.2, 0.25) is 0 Å². The van der Waals surface area contributed by atoms with Gasteiger partial charge in [-0.2, -0.15) is 0 Å². The van der Waals surface area contributed by atoms with E-state index in [1.807, 2.05) is 0 Å². The molecule has 0 aromatic rings. The predicted octanol–water partition coefficient (Wildman–Crippen LogP) is 0.567. The quantitative estimate of drug-likeness (QED) is 0.580. The lowest BCUT2D eigenvalue weighted by atomic mass is 9.91. The lowest BCUT2D eigenvalue weighted by Gasteiger charge is -2.32. The molecule has 0 aromatic heterocycles. The molecule has 0 aromatic carbocycles. The number of nitrogens with zero attached hydrogens (tertiary/aromatic N) is 1. The molecule has 2 heteroatoms. The fourth-order valence-corrected chi connectivity index (χ4v) is 1.90. The van der Waals surface area contributed by atoms with Gasteiger partial charge in [-0.15, -0.1) is 0 Å². The van der Waals surface area contributed by atoms with Gasteiger partial charge in [0.25, 0.3) is 0 Å². The summed E-state index contributed by atoms with van der Waals surface area (Å²) in [4.78, 5) is 2.30. The maximum atomic E-state index is 8.90. The van der Waals surface area contributed by atoms with Gasteiger partial charge in [0.2, 0.25) is 0 Å². The summed E-state index contributed by atoms with van der Waals surface area (Å²) in [7, 11) is 2.12. The van der Waals surface area contributed by atoms with E-state index in [-0.39, 0.29) is 0 Å². The molecule has 1 aliphatic rings. The van der Waals surface area contributed by atoms with E-state index >= 15 is 0 Å². The van der Waals surface area contributed by atoms with Crippen LogP contribution in [0.25, 0.3) is 0 Å². The third kappa shape index (κ3) is 1.96. The lowest BCUT2D eigenvalue weighted by molar-refractivity contribution is 0.108. The zero-order valence-electron chi connectivity index (χ0n) is 6.88. The normalized spacial score (nSPS) is 36.3. The van der Waals surface area contributed by atoms with Crippen LogP contribution >= 0.6 is 0 Å². The van der Waals surface area contributed by atoms with Crippen molar-refractivity contribution >= 4 is 0 Å². The van der Waals surface area contributed by atoms with E-state index in [9.17, 15) is 0 Å². The Labute approximate surface area is 62.8 Å². The van der Waals surface area contributed by atoms with Gasteiger partial charge in [0.1, 0.15) is 0 Å². The summed E-state index contributed by atoms with van der Waals surface area (Å²) >= 11 is 0. The van der Waals surface area contributed by atoms with Crippen LogP contribution in [-0.2, 0) is 0 Å². The highest BCUT2D eigenvalue weighted by atomic mass is 16.3. The maximum Gasteiger partial charge on any atom is 0.0471 e. The highest BCUT2D eigenvalue weighted by Crippen LogP contribution is 2.19. The van der Waals surface area contributed by atoms with Crippen LogP contribution in [0.1, 0.15) is 13.3 Å². The first-order chi connectivity index (χ1) is 4.72. The zero-order chi connectivity index (χ0) is 7.56. The van der Waals surface area contributed by atoms with Crippen molar-refractivity contribution in [2.45, 2.75) is 13.3 Å². The molecular formula is C8H17NO. The van der Waals surface area contributed by atoms with Crippen molar-refractivity contribution in [2.75, 3.05) is 26.7 Å². The Morgan fingerprint density at radius 1 is 1.50 bits per heavy atom. The van der Waals surface area contributed by atoms with E-state index in [4.69, 9.17) is 5.11 Å². The van der Waals surface area contributed by atoms with E-state index < -0.39 is 0 Å². The number of hydrogen-bond donors (Lipinski definition) is 1. The summed E-state index contributed by atoms with van der Waals surface area (Å²) in [5.74, 6) is 1.28. The molecule has 1 N–H and O–H groups in total. The highest BCUT2D eigenvalue weighted by molar-refractivity contribution is 4.73. The molecule has 10 heavy (non-hydrogen) atoms. The van der Waals surface area contributed by atoms with Gasteiger partial charge in [0, 0.05) is 19.7 Å². The standard InChI is InChI=1S/C8H17NO/c1-7-3-8(6-10)5-9(2)4-7/h7-8,10H,3-6H2,1-2H3/t7-,8+/m0/s1. The summed E-state index contributed by atoms with van der Waals surface area (Å²) in [6, 6.07) is 0. The molecule has 0 radical (unpaired) electrons. The summed E-state index contributed by atoms with van der Waals surface area (Å²) in [6.07, 6.45) is 1.20. The number of piperidine rings is 1. The van der Waals surface area contributed by atoms with Crippen molar-refractivity contribution in [1.29, 1.82) is 0 Å². The van der Waals surface area contributed by atoms with Gasteiger partial charge < -0.3 is 10.0 Å². The van der Waals surface area contributed by atoms with Crippen molar-refractivity contribution in [1.82, 2.24) is 4.90 Å². The number of likely N-dealkylation sites (tertiary alicyclic amines) is 1. The molecule has 0 saturated carbocycles. The Bertz CT molecular complexity index is 95.4. The summed E-state index contributed by atoms with van der Waals surface area (Å²) < 4.78 is 0. The monoisotopic (exact) mass is 143 g/mol. The minimum Gasteiger partial charge on any atom is -0.396 e. The van der Waals surface area contributed by atoms with Crippen molar-refractivity contribution < 1.29 is 5.11 Å². The van der Waals surface area contributed by atoms with Gasteiger partial charge in [-0.1, -0.05) is 6.92 Å². The summed E-state index contributed by atoms with van der Waals surface area (Å²) in [5, 5.41) is 8.90. The molecule has 1 rings (SSSR count). The molecule has 60 valence electrons. The number of hydrogen-bond acceptors (Lipinski definition) is 2. The third-order valence-electron chi connectivity index (χ3n) is 2.19. The van der Waals surface area contributed by atoms with Gasteiger partial charge in [0.15, 0.2) is 0 Å². The van der Waals surface area contributed by atoms with Gasteiger partial charge in [-0.05, 0) is 25.3 Å². The van der Waals surface area contributed by atoms with Crippen LogP contribution in [0.15, 0.2) is 0 Å². The van der Waals surface area contributed by atoms with E-state index in [0.717, 1.165) is 12.5 Å². The second-order valence-corrected chi connectivity index (χ2v) is 3.61. The molecule has 1 aliphatic heterocycles. The highest BCUT2D eigenvalue weighted by Gasteiger charge is 2.20. The van der Waals surface area contributed by atoms with E-state index in [1.165, 1.54) is 13.0 Å². The Hall–Kier alpha value is -0.0800. The molecule has 0 amide bonds. The third-order valence-corrected chi connectivity index (χ3v) is 2.19. The predicted molar refractivity (Wildman–Crippen MR) is 41.9 cm³/mol. The van der Waals surface area contributed by atoms with Crippen molar-refractivity contribution in [3.63, 3.8) is 0 Å². The topological polar surface area (TPSA) is 23.5 Å². The minimum absolute atomic E-state index is 0.356. The largest absolute Gasteiger partial charge is 0.396 e. The zero-order valence-corrected chi connectivity index (χ0v) is 6.88. The van der Waals surface area contributed by atoms with Crippen LogP contribution in [-0.4, -0.2) is 36.8 Å². The molecule has 2 nitrogen and oxygen atoms in total. The fraction of sp³-hybridized carbons (Fsp3) is 1.00. The maximum absolute atomic E-state index is 8.90. The number of aliphatic hydroxyl groups excluding tert-OH is 1. The van der Waals surface area contributed by atoms with Crippen molar-refractivity contribution in [3.05, 3.63) is 0 Å². The SMILES string of the molecule is C[C@H]1C[C@@H](CO)CN(C)C1. The fourth-order valence-electron chi connectivity index (χ4n) is 1.90. The molecule has 0 unspecified atom stereocenters. The Kier molecular flexibility index (Phi) is 2.69. The van der Waals surface area contributed by atoms with Crippen LogP contribution in [0, 0.1) is 11.8 Å². The Morgan fingerprint density at radius 3 is 2.70 bits per heavy atom. The average molecular weight is 143 g/mol. The van der Waals surface area contributed by atoms with E-state index in [1.54, 1.807) is 0 Å². The molecule has 2 atom stereocenters. The average Bonchev–Trinajstić information content (AvgIpc) is 1.85. The Morgan fingerprint density at radius 2 is 2.20 bits per heavy atom. The van der Waals surface area contributed by atoms with Gasteiger partial charge in [-0.25, -0.2) is 0 Å². The molecular weight excluding hydrogens is 126 g/mol. The van der Waals surface area contributed by atoms with Gasteiger partial charge in [-0.3, -0.25) is 0 Å². The van der Waals surface area contributed by atoms with Gasteiger partial charge in [0.05, 0.1) is 0 Å². The lowest BCUT2D eigenvalue weighted by Crippen LogP contribution is -2.38. The molecule has 1 saturated heterocycles. The molecule has 0 spiro atoms.